The van der Waals surface area contributed by atoms with Crippen LogP contribution in [-0.2, 0) is 12.8 Å². The summed E-state index contributed by atoms with van der Waals surface area (Å²) in [5, 5.41) is 7.53. The third-order valence-corrected chi connectivity index (χ3v) is 2.84. The van der Waals surface area contributed by atoms with E-state index in [0.29, 0.717) is 18.1 Å². The summed E-state index contributed by atoms with van der Waals surface area (Å²) in [5.74, 6) is 0.542. The van der Waals surface area contributed by atoms with E-state index in [-0.39, 0.29) is 5.84 Å². The van der Waals surface area contributed by atoms with Crippen molar-refractivity contribution in [2.45, 2.75) is 32.6 Å². The normalized spacial score (nSPS) is 14.3. The highest BCUT2D eigenvalue weighted by atomic mass is 16.5. The van der Waals surface area contributed by atoms with Gasteiger partial charge >= 0.3 is 0 Å². The molecule has 1 aromatic rings. The molecule has 1 aliphatic rings. The van der Waals surface area contributed by atoms with Gasteiger partial charge in [-0.25, -0.2) is 4.98 Å². The molecule has 0 atom stereocenters. The Morgan fingerprint density at radius 1 is 1.50 bits per heavy atom. The molecule has 0 saturated carbocycles. The van der Waals surface area contributed by atoms with Gasteiger partial charge in [0.25, 0.3) is 0 Å². The largest absolute Gasteiger partial charge is 0.477 e. The minimum Gasteiger partial charge on any atom is -0.477 e. The Bertz CT molecular complexity index is 415. The van der Waals surface area contributed by atoms with Crippen LogP contribution in [0.25, 0.3) is 0 Å². The number of hydrogen-bond acceptors (Lipinski definition) is 3. The Balaban J connectivity index is 2.45. The number of aromatic nitrogens is 1. The zero-order valence-corrected chi connectivity index (χ0v) is 9.55. The Morgan fingerprint density at radius 2 is 2.25 bits per heavy atom. The summed E-state index contributed by atoms with van der Waals surface area (Å²) in [7, 11) is 0. The van der Waals surface area contributed by atoms with Crippen LogP contribution in [0.1, 0.15) is 36.6 Å². The van der Waals surface area contributed by atoms with Crippen LogP contribution in [0.4, 0.5) is 0 Å². The Kier molecular flexibility index (Phi) is 3.08. The molecule has 0 fully saturated rings. The molecule has 0 amide bonds. The lowest BCUT2D eigenvalue weighted by Crippen LogP contribution is -2.17. The summed E-state index contributed by atoms with van der Waals surface area (Å²) < 4.78 is 5.43. The Morgan fingerprint density at radius 3 is 2.94 bits per heavy atom. The van der Waals surface area contributed by atoms with Crippen LogP contribution in [0, 0.1) is 5.41 Å². The van der Waals surface area contributed by atoms with E-state index in [1.54, 1.807) is 0 Å². The van der Waals surface area contributed by atoms with Crippen molar-refractivity contribution in [1.29, 1.82) is 5.41 Å². The van der Waals surface area contributed by atoms with Crippen molar-refractivity contribution in [2.24, 2.45) is 5.73 Å². The second-order valence-electron chi connectivity index (χ2n) is 4.00. The maximum atomic E-state index is 7.53. The van der Waals surface area contributed by atoms with Crippen LogP contribution in [-0.4, -0.2) is 17.4 Å². The number of amidine groups is 1. The molecule has 16 heavy (non-hydrogen) atoms. The van der Waals surface area contributed by atoms with Crippen molar-refractivity contribution in [3.05, 3.63) is 22.9 Å². The van der Waals surface area contributed by atoms with Gasteiger partial charge in [0.05, 0.1) is 12.2 Å². The molecule has 1 aliphatic carbocycles. The lowest BCUT2D eigenvalue weighted by molar-refractivity contribution is 0.324. The van der Waals surface area contributed by atoms with E-state index in [0.717, 1.165) is 18.5 Å². The second-order valence-corrected chi connectivity index (χ2v) is 4.00. The van der Waals surface area contributed by atoms with Crippen LogP contribution in [0.5, 0.6) is 5.88 Å². The van der Waals surface area contributed by atoms with Crippen molar-refractivity contribution in [2.75, 3.05) is 6.61 Å². The SMILES string of the molecule is CCOc1nc2c(cc1C(=N)N)CCCC2. The van der Waals surface area contributed by atoms with E-state index in [9.17, 15) is 0 Å². The summed E-state index contributed by atoms with van der Waals surface area (Å²) in [6, 6.07) is 1.97. The van der Waals surface area contributed by atoms with E-state index in [4.69, 9.17) is 15.9 Å². The predicted molar refractivity (Wildman–Crippen MR) is 63.1 cm³/mol. The lowest BCUT2D eigenvalue weighted by Gasteiger charge is -2.18. The number of nitrogens with one attached hydrogen (secondary N) is 1. The monoisotopic (exact) mass is 219 g/mol. The van der Waals surface area contributed by atoms with E-state index in [2.05, 4.69) is 4.98 Å². The molecular weight excluding hydrogens is 202 g/mol. The van der Waals surface area contributed by atoms with Gasteiger partial charge in [-0.3, -0.25) is 5.41 Å². The molecule has 0 radical (unpaired) electrons. The first-order valence-corrected chi connectivity index (χ1v) is 5.72. The molecule has 2 rings (SSSR count). The van der Waals surface area contributed by atoms with Crippen molar-refractivity contribution in [3.8, 4) is 5.88 Å². The predicted octanol–water partition coefficient (Wildman–Crippen LogP) is 1.64. The molecule has 0 saturated heterocycles. The molecule has 4 heteroatoms. The van der Waals surface area contributed by atoms with Gasteiger partial charge in [-0.1, -0.05) is 0 Å². The minimum atomic E-state index is 0.0318. The first kappa shape index (κ1) is 10.9. The molecule has 3 N–H and O–H groups in total. The number of nitrogens with two attached hydrogens (primary N) is 1. The fourth-order valence-electron chi connectivity index (χ4n) is 2.05. The van der Waals surface area contributed by atoms with Gasteiger partial charge in [0, 0.05) is 5.69 Å². The topological polar surface area (TPSA) is 72.0 Å². The van der Waals surface area contributed by atoms with Gasteiger partial charge in [-0.2, -0.15) is 0 Å². The highest BCUT2D eigenvalue weighted by molar-refractivity contribution is 5.97. The quantitative estimate of drug-likeness (QED) is 0.599. The van der Waals surface area contributed by atoms with Gasteiger partial charge in [0.2, 0.25) is 5.88 Å². The van der Waals surface area contributed by atoms with Crippen molar-refractivity contribution in [1.82, 2.24) is 4.98 Å². The van der Waals surface area contributed by atoms with Crippen molar-refractivity contribution >= 4 is 5.84 Å². The summed E-state index contributed by atoms with van der Waals surface area (Å²) in [6.45, 7) is 2.46. The maximum Gasteiger partial charge on any atom is 0.224 e. The zero-order chi connectivity index (χ0) is 11.5. The lowest BCUT2D eigenvalue weighted by atomic mass is 9.95. The molecule has 86 valence electrons. The smallest absolute Gasteiger partial charge is 0.224 e. The zero-order valence-electron chi connectivity index (χ0n) is 9.55. The van der Waals surface area contributed by atoms with E-state index < -0.39 is 0 Å². The number of pyridine rings is 1. The number of rotatable bonds is 3. The molecule has 1 heterocycles. The second kappa shape index (κ2) is 4.51. The molecule has 4 nitrogen and oxygen atoms in total. The molecule has 0 bridgehead atoms. The third kappa shape index (κ3) is 2.01. The summed E-state index contributed by atoms with van der Waals surface area (Å²) >= 11 is 0. The van der Waals surface area contributed by atoms with Crippen LogP contribution in [0.15, 0.2) is 6.07 Å². The van der Waals surface area contributed by atoms with Crippen molar-refractivity contribution in [3.63, 3.8) is 0 Å². The highest BCUT2D eigenvalue weighted by Gasteiger charge is 2.17. The van der Waals surface area contributed by atoms with Gasteiger partial charge in [-0.05, 0) is 44.2 Å². The van der Waals surface area contributed by atoms with Gasteiger partial charge < -0.3 is 10.5 Å². The summed E-state index contributed by atoms with van der Waals surface area (Å²) in [4.78, 5) is 4.48. The van der Waals surface area contributed by atoms with Gasteiger partial charge in [-0.15, -0.1) is 0 Å². The van der Waals surface area contributed by atoms with Gasteiger partial charge in [0.1, 0.15) is 5.84 Å². The van der Waals surface area contributed by atoms with Crippen molar-refractivity contribution < 1.29 is 4.74 Å². The van der Waals surface area contributed by atoms with Crippen LogP contribution in [0.3, 0.4) is 0 Å². The molecule has 0 aliphatic heterocycles. The van der Waals surface area contributed by atoms with E-state index in [1.165, 1.54) is 18.4 Å². The van der Waals surface area contributed by atoms with Crippen LogP contribution in [0.2, 0.25) is 0 Å². The van der Waals surface area contributed by atoms with Crippen LogP contribution < -0.4 is 10.5 Å². The molecular formula is C12H17N3O. The van der Waals surface area contributed by atoms with Crippen LogP contribution >= 0.6 is 0 Å². The first-order chi connectivity index (χ1) is 7.72. The number of aryl methyl sites for hydroxylation is 2. The van der Waals surface area contributed by atoms with E-state index >= 15 is 0 Å². The summed E-state index contributed by atoms with van der Waals surface area (Å²) in [5.41, 5.74) is 8.50. The minimum absolute atomic E-state index is 0.0318. The van der Waals surface area contributed by atoms with E-state index in [1.807, 2.05) is 13.0 Å². The number of ether oxygens (including phenoxy) is 1. The fraction of sp³-hybridized carbons (Fsp3) is 0.500. The highest BCUT2D eigenvalue weighted by Crippen LogP contribution is 2.25. The number of hydrogen-bond donors (Lipinski definition) is 2. The molecule has 0 aromatic carbocycles. The molecule has 1 aromatic heterocycles. The molecule has 0 unspecified atom stereocenters. The standard InChI is InChI=1S/C12H17N3O/c1-2-16-12-9(11(13)14)7-8-5-3-4-6-10(8)15-12/h7H,2-6H2,1H3,(H3,13,14). The fourth-order valence-corrected chi connectivity index (χ4v) is 2.05. The van der Waals surface area contributed by atoms with Gasteiger partial charge in [0.15, 0.2) is 0 Å². The number of nitrogens with zero attached hydrogens (tertiary/aromatic N) is 1. The third-order valence-electron chi connectivity index (χ3n) is 2.84. The average Bonchev–Trinajstić information content (AvgIpc) is 2.28. The first-order valence-electron chi connectivity index (χ1n) is 5.72. The Hall–Kier alpha value is -1.58. The summed E-state index contributed by atoms with van der Waals surface area (Å²) in [6.07, 6.45) is 4.42. The Labute approximate surface area is 95.3 Å². The maximum absolute atomic E-state index is 7.53. The average molecular weight is 219 g/mol. The molecule has 0 spiro atoms. The number of fused-ring (bicyclic) bond motifs is 1. The number of nitrogen functional groups attached to an aromatic ring is 1.